The summed E-state index contributed by atoms with van der Waals surface area (Å²) in [5.74, 6) is 0.642. The van der Waals surface area contributed by atoms with E-state index in [1.54, 1.807) is 17.6 Å². The van der Waals surface area contributed by atoms with Crippen molar-refractivity contribution in [1.82, 2.24) is 13.7 Å². The third-order valence-electron chi connectivity index (χ3n) is 4.29. The van der Waals surface area contributed by atoms with Crippen LogP contribution in [0.15, 0.2) is 16.6 Å². The summed E-state index contributed by atoms with van der Waals surface area (Å²) in [5.41, 5.74) is 5.85. The number of aromatic nitrogens is 2. The summed E-state index contributed by atoms with van der Waals surface area (Å²) < 4.78 is 28.9. The number of rotatable bonds is 3. The van der Waals surface area contributed by atoms with Crippen molar-refractivity contribution in [2.45, 2.75) is 43.7 Å². The summed E-state index contributed by atoms with van der Waals surface area (Å²) in [5, 5.41) is 1.91. The quantitative estimate of drug-likeness (QED) is 0.936. The van der Waals surface area contributed by atoms with Gasteiger partial charge in [0.15, 0.2) is 15.8 Å². The molecule has 3 rings (SSSR count). The number of hydrogen-bond acceptors (Lipinski definition) is 5. The molecule has 6 nitrogen and oxygen atoms in total. The van der Waals surface area contributed by atoms with Gasteiger partial charge in [0.2, 0.25) is 0 Å². The second-order valence-corrected chi connectivity index (χ2v) is 8.59. The number of fused-ring (bicyclic) bond motifs is 1. The lowest BCUT2D eigenvalue weighted by molar-refractivity contribution is 0.238. The molecule has 0 bridgehead atoms. The number of anilines is 1. The van der Waals surface area contributed by atoms with Crippen LogP contribution in [0.3, 0.4) is 0 Å². The number of nitrogen functional groups attached to an aromatic ring is 1. The lowest BCUT2D eigenvalue weighted by atomic mass is 9.87. The van der Waals surface area contributed by atoms with E-state index in [1.807, 2.05) is 5.38 Å². The molecule has 2 atom stereocenters. The van der Waals surface area contributed by atoms with Gasteiger partial charge in [-0.15, -0.1) is 11.3 Å². The molecule has 1 aliphatic carbocycles. The largest absolute Gasteiger partial charge is 0.381 e. The van der Waals surface area contributed by atoms with Gasteiger partial charge in [-0.2, -0.15) is 4.31 Å². The maximum atomic E-state index is 12.9. The van der Waals surface area contributed by atoms with Gasteiger partial charge in [0.05, 0.1) is 0 Å². The molecule has 2 aromatic rings. The second kappa shape index (κ2) is 5.26. The molecule has 2 aromatic heterocycles. The van der Waals surface area contributed by atoms with E-state index in [9.17, 15) is 8.42 Å². The smallest absolute Gasteiger partial charge is 0.262 e. The molecule has 0 amide bonds. The van der Waals surface area contributed by atoms with Crippen LogP contribution in [-0.4, -0.2) is 35.2 Å². The van der Waals surface area contributed by atoms with Crippen LogP contribution in [0.2, 0.25) is 0 Å². The highest BCUT2D eigenvalue weighted by Crippen LogP contribution is 2.32. The van der Waals surface area contributed by atoms with Crippen LogP contribution in [0, 0.1) is 5.92 Å². The van der Waals surface area contributed by atoms with Crippen LogP contribution in [0.1, 0.15) is 32.6 Å². The molecule has 2 unspecified atom stereocenters. The van der Waals surface area contributed by atoms with Gasteiger partial charge in [0, 0.05) is 24.7 Å². The number of nitrogens with two attached hydrogens (primary N) is 1. The molecule has 8 heteroatoms. The fraction of sp³-hybridized carbons (Fsp3) is 0.615. The molecule has 21 heavy (non-hydrogen) atoms. The Labute approximate surface area is 128 Å². The van der Waals surface area contributed by atoms with Crippen LogP contribution in [0.25, 0.3) is 4.96 Å². The molecule has 0 aliphatic heterocycles. The normalized spacial score (nSPS) is 24.0. The standard InChI is InChI=1S/C13H20N4O2S2/c1-9-4-3-5-10(8-9)16(2)21(18,19)12-11(14)15-13-17(12)6-7-20-13/h6-7,9-10H,3-5,8,14H2,1-2H3. The van der Waals surface area contributed by atoms with Crippen LogP contribution >= 0.6 is 11.3 Å². The van der Waals surface area contributed by atoms with Gasteiger partial charge in [-0.05, 0) is 18.8 Å². The highest BCUT2D eigenvalue weighted by Gasteiger charge is 2.34. The van der Waals surface area contributed by atoms with Crippen molar-refractivity contribution in [3.8, 4) is 0 Å². The van der Waals surface area contributed by atoms with Crippen molar-refractivity contribution >= 4 is 32.1 Å². The maximum Gasteiger partial charge on any atom is 0.262 e. The van der Waals surface area contributed by atoms with E-state index in [-0.39, 0.29) is 16.9 Å². The molecule has 2 N–H and O–H groups in total. The van der Waals surface area contributed by atoms with Crippen molar-refractivity contribution in [3.63, 3.8) is 0 Å². The van der Waals surface area contributed by atoms with Crippen LogP contribution in [-0.2, 0) is 10.0 Å². The Hall–Kier alpha value is -1.12. The lowest BCUT2D eigenvalue weighted by Crippen LogP contribution is -2.40. The van der Waals surface area contributed by atoms with E-state index in [1.165, 1.54) is 22.1 Å². The van der Waals surface area contributed by atoms with Crippen molar-refractivity contribution in [3.05, 3.63) is 11.6 Å². The summed E-state index contributed by atoms with van der Waals surface area (Å²) in [6, 6.07) is 0.0438. The minimum Gasteiger partial charge on any atom is -0.381 e. The summed E-state index contributed by atoms with van der Waals surface area (Å²) in [6.45, 7) is 2.18. The molecule has 1 saturated carbocycles. The molecule has 116 valence electrons. The number of sulfonamides is 1. The molecule has 0 aromatic carbocycles. The number of nitrogens with zero attached hydrogens (tertiary/aromatic N) is 3. The first-order valence-corrected chi connectivity index (χ1v) is 9.42. The Morgan fingerprint density at radius 2 is 2.24 bits per heavy atom. The fourth-order valence-electron chi connectivity index (χ4n) is 3.10. The predicted octanol–water partition coefficient (Wildman–Crippen LogP) is 2.18. The zero-order valence-electron chi connectivity index (χ0n) is 12.2. The minimum absolute atomic E-state index is 0.0438. The Balaban J connectivity index is 1.99. The van der Waals surface area contributed by atoms with E-state index in [2.05, 4.69) is 11.9 Å². The van der Waals surface area contributed by atoms with Gasteiger partial charge >= 0.3 is 0 Å². The molecule has 0 radical (unpaired) electrons. The van der Waals surface area contributed by atoms with Crippen LogP contribution in [0.5, 0.6) is 0 Å². The lowest BCUT2D eigenvalue weighted by Gasteiger charge is -2.33. The van der Waals surface area contributed by atoms with Gasteiger partial charge in [0.25, 0.3) is 10.0 Å². The molecule has 1 fully saturated rings. The Morgan fingerprint density at radius 3 is 2.95 bits per heavy atom. The van der Waals surface area contributed by atoms with Crippen molar-refractivity contribution < 1.29 is 8.42 Å². The van der Waals surface area contributed by atoms with Crippen LogP contribution < -0.4 is 5.73 Å². The maximum absolute atomic E-state index is 12.9. The number of thiazole rings is 1. The first-order valence-electron chi connectivity index (χ1n) is 7.10. The summed E-state index contributed by atoms with van der Waals surface area (Å²) in [6.07, 6.45) is 5.76. The Morgan fingerprint density at radius 1 is 1.48 bits per heavy atom. The highest BCUT2D eigenvalue weighted by atomic mass is 32.2. The highest BCUT2D eigenvalue weighted by molar-refractivity contribution is 7.89. The second-order valence-electron chi connectivity index (χ2n) is 5.80. The van der Waals surface area contributed by atoms with Crippen molar-refractivity contribution in [1.29, 1.82) is 0 Å². The monoisotopic (exact) mass is 328 g/mol. The number of hydrogen-bond donors (Lipinski definition) is 1. The zero-order chi connectivity index (χ0) is 15.2. The third kappa shape index (κ3) is 2.45. The average Bonchev–Trinajstić information content (AvgIpc) is 2.97. The van der Waals surface area contributed by atoms with Gasteiger partial charge in [-0.1, -0.05) is 19.8 Å². The van der Waals surface area contributed by atoms with Gasteiger partial charge in [-0.3, -0.25) is 4.40 Å². The van der Waals surface area contributed by atoms with E-state index >= 15 is 0 Å². The molecular weight excluding hydrogens is 308 g/mol. The van der Waals surface area contributed by atoms with E-state index in [0.29, 0.717) is 10.9 Å². The molecule has 0 saturated heterocycles. The SMILES string of the molecule is CC1CCCC(N(C)S(=O)(=O)c2c(N)nc3sccn23)C1. The van der Waals surface area contributed by atoms with E-state index in [4.69, 9.17) is 5.73 Å². The van der Waals surface area contributed by atoms with Crippen molar-refractivity contribution in [2.75, 3.05) is 12.8 Å². The average molecular weight is 328 g/mol. The molecule has 1 aliphatic rings. The minimum atomic E-state index is -3.63. The Kier molecular flexibility index (Phi) is 3.71. The van der Waals surface area contributed by atoms with Gasteiger partial charge < -0.3 is 5.73 Å². The van der Waals surface area contributed by atoms with Gasteiger partial charge in [0.1, 0.15) is 0 Å². The first-order chi connectivity index (χ1) is 9.91. The van der Waals surface area contributed by atoms with E-state index in [0.717, 1.165) is 19.3 Å². The summed E-state index contributed by atoms with van der Waals surface area (Å²) >= 11 is 1.38. The topological polar surface area (TPSA) is 80.7 Å². The summed E-state index contributed by atoms with van der Waals surface area (Å²) in [7, 11) is -1.97. The summed E-state index contributed by atoms with van der Waals surface area (Å²) in [4.78, 5) is 4.74. The van der Waals surface area contributed by atoms with Crippen molar-refractivity contribution in [2.24, 2.45) is 5.92 Å². The van der Waals surface area contributed by atoms with Gasteiger partial charge in [-0.25, -0.2) is 13.4 Å². The van der Waals surface area contributed by atoms with Crippen LogP contribution in [0.4, 0.5) is 5.82 Å². The Bertz CT molecular complexity index is 749. The third-order valence-corrected chi connectivity index (χ3v) is 7.00. The molecule has 0 spiro atoms. The molecule has 2 heterocycles. The first kappa shape index (κ1) is 14.8. The predicted molar refractivity (Wildman–Crippen MR) is 83.9 cm³/mol. The number of imidazole rings is 1. The van der Waals surface area contributed by atoms with E-state index < -0.39 is 10.0 Å². The molecular formula is C13H20N4O2S2. The fourth-order valence-corrected chi connectivity index (χ4v) is 5.44. The zero-order valence-corrected chi connectivity index (χ0v) is 13.8.